The van der Waals surface area contributed by atoms with E-state index in [4.69, 9.17) is 31.6 Å². The lowest BCUT2D eigenvalue weighted by atomic mass is 9.99. The molecule has 0 spiro atoms. The highest BCUT2D eigenvalue weighted by molar-refractivity contribution is 7.87. The Labute approximate surface area is 246 Å². The Kier molecular flexibility index (Phi) is 9.61. The minimum Gasteiger partial charge on any atom is -0.289 e. The number of halogens is 2. The van der Waals surface area contributed by atoms with Crippen LogP contribution in [0.15, 0.2) is 70.5 Å². The standard InChI is InChI=1S/C29H32Cl2O7S2/c1-28(2,3)17-37-39(33,34)22-12-13-23(26(16-22)40(35,36)38-18-29(4,5)6)19-7-9-20(10-8-19)27(32)24-15-21(30)11-14-25(24)31/h7-16H,17-18H2,1-6H3. The Bertz CT molecular complexity index is 1620. The zero-order chi connectivity index (χ0) is 30.1. The molecule has 0 saturated carbocycles. The summed E-state index contributed by atoms with van der Waals surface area (Å²) in [7, 11) is -8.66. The van der Waals surface area contributed by atoms with Crippen LogP contribution < -0.4 is 0 Å². The zero-order valence-corrected chi connectivity index (χ0v) is 26.3. The second-order valence-corrected chi connectivity index (χ2v) is 15.8. The second kappa shape index (κ2) is 11.9. The smallest absolute Gasteiger partial charge is 0.289 e. The average Bonchev–Trinajstić information content (AvgIpc) is 2.86. The van der Waals surface area contributed by atoms with Crippen LogP contribution >= 0.6 is 23.2 Å². The third kappa shape index (κ3) is 8.38. The molecule has 0 bridgehead atoms. The lowest BCUT2D eigenvalue weighted by Crippen LogP contribution is -2.20. The van der Waals surface area contributed by atoms with E-state index in [2.05, 4.69) is 0 Å². The molecule has 0 heterocycles. The van der Waals surface area contributed by atoms with Crippen LogP contribution in [0.5, 0.6) is 0 Å². The van der Waals surface area contributed by atoms with Gasteiger partial charge in [-0.3, -0.25) is 13.2 Å². The molecule has 0 atom stereocenters. The van der Waals surface area contributed by atoms with Crippen LogP contribution in [0.25, 0.3) is 11.1 Å². The van der Waals surface area contributed by atoms with Crippen molar-refractivity contribution in [2.75, 3.05) is 13.2 Å². The molecule has 40 heavy (non-hydrogen) atoms. The number of benzene rings is 3. The second-order valence-electron chi connectivity index (χ2n) is 11.7. The molecule has 3 rings (SSSR count). The summed E-state index contributed by atoms with van der Waals surface area (Å²) in [5, 5.41) is 0.601. The van der Waals surface area contributed by atoms with Crippen molar-refractivity contribution in [3.05, 3.63) is 81.8 Å². The predicted octanol–water partition coefficient (Wildman–Crippen LogP) is 7.39. The van der Waals surface area contributed by atoms with Gasteiger partial charge in [-0.05, 0) is 46.7 Å². The van der Waals surface area contributed by atoms with Crippen LogP contribution in [-0.2, 0) is 28.6 Å². The molecule has 3 aromatic rings. The Morgan fingerprint density at radius 3 is 1.82 bits per heavy atom. The molecule has 0 unspecified atom stereocenters. The van der Waals surface area contributed by atoms with E-state index in [-0.39, 0.29) is 44.9 Å². The van der Waals surface area contributed by atoms with Gasteiger partial charge in [0.05, 0.1) is 23.1 Å². The molecule has 0 amide bonds. The van der Waals surface area contributed by atoms with E-state index in [0.29, 0.717) is 16.1 Å². The first kappa shape index (κ1) is 32.2. The topological polar surface area (TPSA) is 104 Å². The summed E-state index contributed by atoms with van der Waals surface area (Å²) in [4.78, 5) is 12.4. The molecular weight excluding hydrogens is 595 g/mol. The highest BCUT2D eigenvalue weighted by atomic mass is 35.5. The lowest BCUT2D eigenvalue weighted by Gasteiger charge is -2.20. The van der Waals surface area contributed by atoms with Crippen LogP contribution in [0.3, 0.4) is 0 Å². The third-order valence-electron chi connectivity index (χ3n) is 5.44. The molecule has 11 heteroatoms. The van der Waals surface area contributed by atoms with Crippen molar-refractivity contribution in [3.63, 3.8) is 0 Å². The Morgan fingerprint density at radius 1 is 0.725 bits per heavy atom. The van der Waals surface area contributed by atoms with Gasteiger partial charge < -0.3 is 0 Å². The Morgan fingerprint density at radius 2 is 1.27 bits per heavy atom. The van der Waals surface area contributed by atoms with Gasteiger partial charge in [-0.1, -0.05) is 95.1 Å². The number of rotatable bonds is 9. The van der Waals surface area contributed by atoms with E-state index in [0.717, 1.165) is 6.07 Å². The number of ketones is 1. The summed E-state index contributed by atoms with van der Waals surface area (Å²) in [5.74, 6) is -0.363. The third-order valence-corrected chi connectivity index (χ3v) is 8.57. The summed E-state index contributed by atoms with van der Waals surface area (Å²) < 4.78 is 63.1. The van der Waals surface area contributed by atoms with Gasteiger partial charge in [-0.25, -0.2) is 0 Å². The van der Waals surface area contributed by atoms with E-state index in [1.165, 1.54) is 36.4 Å². The summed E-state index contributed by atoms with van der Waals surface area (Å²) in [6.07, 6.45) is 0. The van der Waals surface area contributed by atoms with Gasteiger partial charge in [-0.15, -0.1) is 0 Å². The van der Waals surface area contributed by atoms with Crippen LogP contribution in [0.2, 0.25) is 10.0 Å². The van der Waals surface area contributed by atoms with E-state index in [1.54, 1.807) is 18.2 Å². The molecule has 0 fully saturated rings. The van der Waals surface area contributed by atoms with Crippen molar-refractivity contribution in [2.24, 2.45) is 10.8 Å². The summed E-state index contributed by atoms with van der Waals surface area (Å²) >= 11 is 12.2. The molecule has 0 N–H and O–H groups in total. The lowest BCUT2D eigenvalue weighted by molar-refractivity contribution is 0.103. The normalized spacial score (nSPS) is 12.9. The maximum atomic E-state index is 13.4. The Hall–Kier alpha value is -2.27. The van der Waals surface area contributed by atoms with Crippen molar-refractivity contribution in [1.82, 2.24) is 0 Å². The number of carbonyl (C=O) groups is 1. The van der Waals surface area contributed by atoms with Crippen molar-refractivity contribution in [2.45, 2.75) is 51.3 Å². The molecule has 3 aromatic carbocycles. The van der Waals surface area contributed by atoms with Gasteiger partial charge >= 0.3 is 0 Å². The van der Waals surface area contributed by atoms with Crippen molar-refractivity contribution < 1.29 is 30.0 Å². The first-order valence-electron chi connectivity index (χ1n) is 12.3. The molecule has 216 valence electrons. The van der Waals surface area contributed by atoms with Crippen LogP contribution in [0, 0.1) is 10.8 Å². The van der Waals surface area contributed by atoms with E-state index in [9.17, 15) is 21.6 Å². The molecule has 0 aliphatic carbocycles. The summed E-state index contributed by atoms with van der Waals surface area (Å²) in [6, 6.07) is 14.5. The predicted molar refractivity (Wildman–Crippen MR) is 157 cm³/mol. The minimum absolute atomic E-state index is 0.0914. The molecular formula is C29H32Cl2O7S2. The molecule has 0 aliphatic heterocycles. The monoisotopic (exact) mass is 626 g/mol. The fourth-order valence-electron chi connectivity index (χ4n) is 3.37. The van der Waals surface area contributed by atoms with Gasteiger partial charge in [0.1, 0.15) is 4.90 Å². The highest BCUT2D eigenvalue weighted by Gasteiger charge is 2.28. The minimum atomic E-state index is -4.40. The van der Waals surface area contributed by atoms with Gasteiger partial charge in [-0.2, -0.15) is 16.8 Å². The van der Waals surface area contributed by atoms with E-state index >= 15 is 0 Å². The molecule has 0 saturated heterocycles. The maximum Gasteiger partial charge on any atom is 0.297 e. The first-order valence-corrected chi connectivity index (χ1v) is 15.9. The van der Waals surface area contributed by atoms with Gasteiger partial charge in [0.15, 0.2) is 5.78 Å². The van der Waals surface area contributed by atoms with Crippen molar-refractivity contribution in [1.29, 1.82) is 0 Å². The first-order chi connectivity index (χ1) is 18.3. The quantitative estimate of drug-likeness (QED) is 0.180. The highest BCUT2D eigenvalue weighted by Crippen LogP contribution is 2.33. The molecule has 7 nitrogen and oxygen atoms in total. The molecule has 0 aliphatic rings. The van der Waals surface area contributed by atoms with Crippen molar-refractivity contribution >= 4 is 49.2 Å². The van der Waals surface area contributed by atoms with E-state index < -0.39 is 31.1 Å². The Balaban J connectivity index is 2.08. The van der Waals surface area contributed by atoms with Gasteiger partial charge in [0.25, 0.3) is 20.2 Å². The van der Waals surface area contributed by atoms with Gasteiger partial charge in [0, 0.05) is 21.7 Å². The maximum absolute atomic E-state index is 13.4. The SMILES string of the molecule is CC(C)(C)COS(=O)(=O)c1ccc(-c2ccc(C(=O)c3cc(Cl)ccc3Cl)cc2)c(S(=O)(=O)OCC(C)(C)C)c1. The fraction of sp³-hybridized carbons (Fsp3) is 0.345. The van der Waals surface area contributed by atoms with Crippen LogP contribution in [-0.4, -0.2) is 35.8 Å². The number of hydrogen-bond donors (Lipinski definition) is 0. The number of hydrogen-bond acceptors (Lipinski definition) is 7. The van der Waals surface area contributed by atoms with Crippen LogP contribution in [0.4, 0.5) is 0 Å². The van der Waals surface area contributed by atoms with E-state index in [1.807, 2.05) is 41.5 Å². The van der Waals surface area contributed by atoms with Gasteiger partial charge in [0.2, 0.25) is 0 Å². The molecule has 0 radical (unpaired) electrons. The largest absolute Gasteiger partial charge is 0.297 e. The van der Waals surface area contributed by atoms with Crippen LogP contribution in [0.1, 0.15) is 57.5 Å². The van der Waals surface area contributed by atoms with Crippen molar-refractivity contribution in [3.8, 4) is 11.1 Å². The molecule has 0 aromatic heterocycles. The zero-order valence-electron chi connectivity index (χ0n) is 23.1. The summed E-state index contributed by atoms with van der Waals surface area (Å²) in [6.45, 7) is 10.7. The average molecular weight is 628 g/mol. The number of carbonyl (C=O) groups excluding carboxylic acids is 1. The fourth-order valence-corrected chi connectivity index (χ4v) is 6.33. The summed E-state index contributed by atoms with van der Waals surface area (Å²) in [5.41, 5.74) is 0.235.